The second kappa shape index (κ2) is 5.17. The normalized spacial score (nSPS) is 10.8. The Morgan fingerprint density at radius 2 is 2.12 bits per heavy atom. The topological polar surface area (TPSA) is 38.9 Å². The zero-order valence-electron chi connectivity index (χ0n) is 9.96. The van der Waals surface area contributed by atoms with E-state index >= 15 is 0 Å². The third-order valence-corrected chi connectivity index (χ3v) is 4.18. The molecule has 2 N–H and O–H groups in total. The summed E-state index contributed by atoms with van der Waals surface area (Å²) < 4.78 is 0. The molecule has 0 radical (unpaired) electrons. The zero-order valence-corrected chi connectivity index (χ0v) is 11.5. The highest BCUT2D eigenvalue weighted by molar-refractivity contribution is 7.11. The van der Waals surface area contributed by atoms with E-state index in [0.29, 0.717) is 6.54 Å². The Morgan fingerprint density at radius 1 is 1.35 bits per heavy atom. The lowest BCUT2D eigenvalue weighted by atomic mass is 10.0. The second-order valence-corrected chi connectivity index (χ2v) is 5.67. The molecule has 0 aliphatic heterocycles. The highest BCUT2D eigenvalue weighted by Crippen LogP contribution is 2.24. The lowest BCUT2D eigenvalue weighted by Crippen LogP contribution is -1.94. The number of rotatable bonds is 3. The van der Waals surface area contributed by atoms with E-state index in [1.807, 2.05) is 19.1 Å². The van der Waals surface area contributed by atoms with Crippen molar-refractivity contribution in [3.63, 3.8) is 0 Å². The molecule has 0 fully saturated rings. The Labute approximate surface area is 110 Å². The number of aromatic nitrogens is 1. The lowest BCUT2D eigenvalue weighted by molar-refractivity contribution is 1.01. The number of hydrogen-bond acceptors (Lipinski definition) is 3. The van der Waals surface area contributed by atoms with Gasteiger partial charge in [0, 0.05) is 22.9 Å². The van der Waals surface area contributed by atoms with Crippen LogP contribution >= 0.6 is 22.9 Å². The summed E-state index contributed by atoms with van der Waals surface area (Å²) in [6.45, 7) is 4.64. The molecule has 4 heteroatoms. The number of halogens is 1. The number of nitrogens with two attached hydrogens (primary N) is 1. The van der Waals surface area contributed by atoms with Gasteiger partial charge in [-0.3, -0.25) is 0 Å². The molecule has 0 bridgehead atoms. The van der Waals surface area contributed by atoms with E-state index in [2.05, 4.69) is 18.0 Å². The van der Waals surface area contributed by atoms with E-state index < -0.39 is 0 Å². The third kappa shape index (κ3) is 2.86. The molecule has 0 atom stereocenters. The minimum absolute atomic E-state index is 0.519. The van der Waals surface area contributed by atoms with E-state index in [9.17, 15) is 0 Å². The fourth-order valence-electron chi connectivity index (χ4n) is 1.77. The van der Waals surface area contributed by atoms with Crippen LogP contribution < -0.4 is 5.73 Å². The monoisotopic (exact) mass is 266 g/mol. The lowest BCUT2D eigenvalue weighted by Gasteiger charge is -2.05. The van der Waals surface area contributed by atoms with Crippen LogP contribution in [0.1, 0.15) is 26.7 Å². The van der Waals surface area contributed by atoms with E-state index in [1.54, 1.807) is 11.3 Å². The van der Waals surface area contributed by atoms with Gasteiger partial charge in [-0.2, -0.15) is 0 Å². The van der Waals surface area contributed by atoms with Crippen LogP contribution in [0.2, 0.25) is 5.02 Å². The molecule has 90 valence electrons. The maximum atomic E-state index is 5.95. The fraction of sp³-hybridized carbons (Fsp3) is 0.308. The predicted octanol–water partition coefficient (Wildman–Crippen LogP) is 3.46. The smallest absolute Gasteiger partial charge is 0.107 e. The molecule has 0 aliphatic carbocycles. The van der Waals surface area contributed by atoms with Crippen LogP contribution in [0.15, 0.2) is 18.2 Å². The van der Waals surface area contributed by atoms with Crippen molar-refractivity contribution in [1.82, 2.24) is 4.98 Å². The van der Waals surface area contributed by atoms with Crippen molar-refractivity contribution >= 4 is 22.9 Å². The van der Waals surface area contributed by atoms with Crippen molar-refractivity contribution in [1.29, 1.82) is 0 Å². The van der Waals surface area contributed by atoms with Gasteiger partial charge in [0.25, 0.3) is 0 Å². The van der Waals surface area contributed by atoms with Gasteiger partial charge in [0.05, 0.1) is 5.69 Å². The first kappa shape index (κ1) is 12.6. The van der Waals surface area contributed by atoms with Gasteiger partial charge in [-0.1, -0.05) is 17.7 Å². The molecule has 2 nitrogen and oxygen atoms in total. The standard InChI is InChI=1S/C13H15ClN2S/c1-8-5-11(14)4-3-10(8)6-12-9(2)16-13(7-15)17-12/h3-5H,6-7,15H2,1-2H3. The minimum Gasteiger partial charge on any atom is -0.325 e. The van der Waals surface area contributed by atoms with Crippen molar-refractivity contribution in [3.05, 3.63) is 49.9 Å². The third-order valence-electron chi connectivity index (χ3n) is 2.77. The molecule has 1 aromatic heterocycles. The van der Waals surface area contributed by atoms with Crippen molar-refractivity contribution in [3.8, 4) is 0 Å². The van der Waals surface area contributed by atoms with E-state index in [4.69, 9.17) is 17.3 Å². The Bertz CT molecular complexity index is 534. The van der Waals surface area contributed by atoms with Crippen molar-refractivity contribution in [2.45, 2.75) is 26.8 Å². The molecule has 0 saturated carbocycles. The van der Waals surface area contributed by atoms with Crippen LogP contribution in [0.3, 0.4) is 0 Å². The van der Waals surface area contributed by atoms with Gasteiger partial charge >= 0.3 is 0 Å². The first-order valence-electron chi connectivity index (χ1n) is 5.50. The minimum atomic E-state index is 0.519. The number of thiazole rings is 1. The Hall–Kier alpha value is -0.900. The van der Waals surface area contributed by atoms with Gasteiger partial charge in [0.15, 0.2) is 0 Å². The van der Waals surface area contributed by atoms with Crippen LogP contribution in [-0.2, 0) is 13.0 Å². The van der Waals surface area contributed by atoms with Crippen LogP contribution in [0.4, 0.5) is 0 Å². The zero-order chi connectivity index (χ0) is 12.4. The number of aryl methyl sites for hydroxylation is 2. The van der Waals surface area contributed by atoms with Crippen LogP contribution in [0, 0.1) is 13.8 Å². The van der Waals surface area contributed by atoms with E-state index in [-0.39, 0.29) is 0 Å². The molecule has 2 aromatic rings. The molecule has 0 saturated heterocycles. The summed E-state index contributed by atoms with van der Waals surface area (Å²) in [7, 11) is 0. The second-order valence-electron chi connectivity index (χ2n) is 4.07. The molecular formula is C13H15ClN2S. The van der Waals surface area contributed by atoms with Crippen molar-refractivity contribution in [2.24, 2.45) is 5.73 Å². The van der Waals surface area contributed by atoms with Gasteiger partial charge in [0.2, 0.25) is 0 Å². The highest BCUT2D eigenvalue weighted by Gasteiger charge is 2.08. The van der Waals surface area contributed by atoms with Crippen LogP contribution in [-0.4, -0.2) is 4.98 Å². The molecule has 17 heavy (non-hydrogen) atoms. The maximum absolute atomic E-state index is 5.95. The van der Waals surface area contributed by atoms with Crippen molar-refractivity contribution < 1.29 is 0 Å². The average molecular weight is 267 g/mol. The predicted molar refractivity (Wildman–Crippen MR) is 73.7 cm³/mol. The molecule has 0 spiro atoms. The molecule has 1 aromatic carbocycles. The summed E-state index contributed by atoms with van der Waals surface area (Å²) in [4.78, 5) is 5.73. The van der Waals surface area contributed by atoms with E-state index in [0.717, 1.165) is 22.1 Å². The van der Waals surface area contributed by atoms with Gasteiger partial charge in [-0.05, 0) is 37.1 Å². The first-order chi connectivity index (χ1) is 8.10. The average Bonchev–Trinajstić information content (AvgIpc) is 2.64. The van der Waals surface area contributed by atoms with Gasteiger partial charge in [0.1, 0.15) is 5.01 Å². The van der Waals surface area contributed by atoms with Gasteiger partial charge < -0.3 is 5.73 Å². The van der Waals surface area contributed by atoms with Gasteiger partial charge in [-0.25, -0.2) is 4.98 Å². The van der Waals surface area contributed by atoms with Crippen LogP contribution in [0.25, 0.3) is 0 Å². The maximum Gasteiger partial charge on any atom is 0.107 e. The molecule has 1 heterocycles. The van der Waals surface area contributed by atoms with Crippen LogP contribution in [0.5, 0.6) is 0 Å². The summed E-state index contributed by atoms with van der Waals surface area (Å²) in [6, 6.07) is 6.01. The summed E-state index contributed by atoms with van der Waals surface area (Å²) >= 11 is 7.65. The summed E-state index contributed by atoms with van der Waals surface area (Å²) in [6.07, 6.45) is 0.909. The summed E-state index contributed by atoms with van der Waals surface area (Å²) in [5, 5.41) is 1.79. The Kier molecular flexibility index (Phi) is 3.82. The largest absolute Gasteiger partial charge is 0.325 e. The van der Waals surface area contributed by atoms with Crippen molar-refractivity contribution in [2.75, 3.05) is 0 Å². The molecule has 0 unspecified atom stereocenters. The summed E-state index contributed by atoms with van der Waals surface area (Å²) in [5.41, 5.74) is 9.21. The molecular weight excluding hydrogens is 252 g/mol. The van der Waals surface area contributed by atoms with E-state index in [1.165, 1.54) is 16.0 Å². The Balaban J connectivity index is 2.27. The number of hydrogen-bond donors (Lipinski definition) is 1. The SMILES string of the molecule is Cc1cc(Cl)ccc1Cc1sc(CN)nc1C. The fourth-order valence-corrected chi connectivity index (χ4v) is 2.97. The number of nitrogens with zero attached hydrogens (tertiary/aromatic N) is 1. The van der Waals surface area contributed by atoms with Gasteiger partial charge in [-0.15, -0.1) is 11.3 Å². The summed E-state index contributed by atoms with van der Waals surface area (Å²) in [5.74, 6) is 0. The number of benzene rings is 1. The Morgan fingerprint density at radius 3 is 2.71 bits per heavy atom. The first-order valence-corrected chi connectivity index (χ1v) is 6.70. The molecule has 0 amide bonds. The molecule has 2 rings (SSSR count). The molecule has 0 aliphatic rings. The highest BCUT2D eigenvalue weighted by atomic mass is 35.5. The quantitative estimate of drug-likeness (QED) is 0.924.